The van der Waals surface area contributed by atoms with Crippen molar-refractivity contribution in [1.29, 1.82) is 0 Å². The molecule has 1 aliphatic heterocycles. The molecule has 1 aliphatic rings. The van der Waals surface area contributed by atoms with Gasteiger partial charge in [0.05, 0.1) is 12.3 Å². The number of fused-ring (bicyclic) bond motifs is 1. The molecule has 32 heavy (non-hydrogen) atoms. The van der Waals surface area contributed by atoms with Crippen molar-refractivity contribution in [3.05, 3.63) is 59.9 Å². The Morgan fingerprint density at radius 1 is 1.25 bits per heavy atom. The number of aromatic nitrogens is 4. The number of aromatic amines is 1. The van der Waals surface area contributed by atoms with Crippen LogP contribution < -0.4 is 19.5 Å². The second kappa shape index (κ2) is 10.4. The van der Waals surface area contributed by atoms with Crippen LogP contribution in [-0.4, -0.2) is 39.7 Å². The van der Waals surface area contributed by atoms with E-state index >= 15 is 0 Å². The third kappa shape index (κ3) is 5.23. The summed E-state index contributed by atoms with van der Waals surface area (Å²) >= 11 is 0. The number of hydrogen-bond acceptors (Lipinski definition) is 7. The summed E-state index contributed by atoms with van der Waals surface area (Å²) in [5.74, 6) is 1.80. The van der Waals surface area contributed by atoms with E-state index < -0.39 is 6.10 Å². The lowest BCUT2D eigenvalue weighted by atomic mass is 10.2. The fraction of sp³-hybridized carbons (Fsp3) is 0.304. The second-order valence-corrected chi connectivity index (χ2v) is 7.24. The summed E-state index contributed by atoms with van der Waals surface area (Å²) in [5, 5.41) is 16.7. The van der Waals surface area contributed by atoms with Crippen molar-refractivity contribution in [2.75, 3.05) is 18.5 Å². The molecule has 3 aromatic rings. The van der Waals surface area contributed by atoms with Crippen LogP contribution in [0.15, 0.2) is 48.5 Å². The monoisotopic (exact) mass is 435 g/mol. The number of benzene rings is 2. The van der Waals surface area contributed by atoms with Gasteiger partial charge in [0.25, 0.3) is 0 Å². The van der Waals surface area contributed by atoms with E-state index in [4.69, 9.17) is 14.2 Å². The van der Waals surface area contributed by atoms with E-state index in [0.29, 0.717) is 29.6 Å². The van der Waals surface area contributed by atoms with Gasteiger partial charge in [-0.2, -0.15) is 5.21 Å². The molecule has 1 atom stereocenters. The molecule has 166 valence electrons. The standard InChI is InChI=1S/C23H25N5O4/c1-2-3-6-14-30-18-10-5-4-8-16(18)12-13-21(29)24-17-9-7-11-19-22(17)32-20(15-31-19)23-25-27-28-26-23/h4-5,7-13,20H,2-3,6,14-15H2,1H3,(H,24,29)(H,25,26,27,28)/b13-12+. The summed E-state index contributed by atoms with van der Waals surface area (Å²) < 4.78 is 17.6. The summed E-state index contributed by atoms with van der Waals surface area (Å²) in [6.07, 6.45) is 5.95. The van der Waals surface area contributed by atoms with Crippen molar-refractivity contribution >= 4 is 17.7 Å². The minimum absolute atomic E-state index is 0.249. The largest absolute Gasteiger partial charge is 0.493 e. The fourth-order valence-corrected chi connectivity index (χ4v) is 3.25. The van der Waals surface area contributed by atoms with Crippen LogP contribution in [-0.2, 0) is 4.79 Å². The van der Waals surface area contributed by atoms with Crippen LogP contribution in [0.3, 0.4) is 0 Å². The van der Waals surface area contributed by atoms with Gasteiger partial charge < -0.3 is 19.5 Å². The van der Waals surface area contributed by atoms with Gasteiger partial charge in [-0.25, -0.2) is 0 Å². The van der Waals surface area contributed by atoms with Crippen molar-refractivity contribution < 1.29 is 19.0 Å². The van der Waals surface area contributed by atoms with Gasteiger partial charge in [-0.15, -0.1) is 10.2 Å². The number of hydrogen-bond donors (Lipinski definition) is 2. The number of nitrogens with zero attached hydrogens (tertiary/aromatic N) is 3. The lowest BCUT2D eigenvalue weighted by Gasteiger charge is -2.26. The molecule has 1 amide bonds. The molecule has 0 aliphatic carbocycles. The Labute approximate surface area is 185 Å². The van der Waals surface area contributed by atoms with Crippen molar-refractivity contribution in [2.24, 2.45) is 0 Å². The first-order chi connectivity index (χ1) is 15.7. The maximum absolute atomic E-state index is 12.6. The highest BCUT2D eigenvalue weighted by Gasteiger charge is 2.28. The number of ether oxygens (including phenoxy) is 3. The predicted octanol–water partition coefficient (Wildman–Crippen LogP) is 3.93. The maximum atomic E-state index is 12.6. The highest BCUT2D eigenvalue weighted by atomic mass is 16.6. The number of unbranched alkanes of at least 4 members (excludes halogenated alkanes) is 2. The predicted molar refractivity (Wildman–Crippen MR) is 119 cm³/mol. The number of amides is 1. The van der Waals surface area contributed by atoms with Crippen LogP contribution in [0, 0.1) is 0 Å². The summed E-state index contributed by atoms with van der Waals surface area (Å²) in [4.78, 5) is 12.6. The normalized spacial score (nSPS) is 15.0. The Balaban J connectivity index is 1.43. The van der Waals surface area contributed by atoms with E-state index in [1.807, 2.05) is 24.3 Å². The molecule has 1 unspecified atom stereocenters. The number of carbonyl (C=O) groups excluding carboxylic acids is 1. The average molecular weight is 435 g/mol. The van der Waals surface area contributed by atoms with E-state index in [-0.39, 0.29) is 12.5 Å². The quantitative estimate of drug-likeness (QED) is 0.387. The van der Waals surface area contributed by atoms with Crippen LogP contribution in [0.2, 0.25) is 0 Å². The molecule has 0 radical (unpaired) electrons. The molecule has 4 rings (SSSR count). The number of rotatable bonds is 9. The first-order valence-corrected chi connectivity index (χ1v) is 10.6. The third-order valence-electron chi connectivity index (χ3n) is 4.88. The number of nitrogens with one attached hydrogen (secondary N) is 2. The zero-order valence-corrected chi connectivity index (χ0v) is 17.8. The molecule has 1 aromatic heterocycles. The number of H-pyrrole nitrogens is 1. The van der Waals surface area contributed by atoms with Crippen LogP contribution in [0.5, 0.6) is 17.2 Å². The van der Waals surface area contributed by atoms with Gasteiger partial charge in [0.2, 0.25) is 11.7 Å². The smallest absolute Gasteiger partial charge is 0.248 e. The molecular formula is C23H25N5O4. The Kier molecular flexibility index (Phi) is 6.96. The second-order valence-electron chi connectivity index (χ2n) is 7.24. The van der Waals surface area contributed by atoms with Gasteiger partial charge in [0.15, 0.2) is 17.6 Å². The summed E-state index contributed by atoms with van der Waals surface area (Å²) in [7, 11) is 0. The molecule has 2 aromatic carbocycles. The van der Waals surface area contributed by atoms with Crippen LogP contribution in [0.1, 0.15) is 43.7 Å². The minimum atomic E-state index is -0.522. The minimum Gasteiger partial charge on any atom is -0.493 e. The topological polar surface area (TPSA) is 111 Å². The number of tetrazole rings is 1. The zero-order valence-electron chi connectivity index (χ0n) is 17.8. The SMILES string of the molecule is CCCCCOc1ccccc1/C=C/C(=O)Nc1cccc2c1OC(c1nn[nH]n1)CO2. The molecule has 0 saturated carbocycles. The van der Waals surface area contributed by atoms with Gasteiger partial charge in [0, 0.05) is 11.6 Å². The first kappa shape index (κ1) is 21.4. The van der Waals surface area contributed by atoms with Gasteiger partial charge in [0.1, 0.15) is 12.4 Å². The van der Waals surface area contributed by atoms with E-state index in [0.717, 1.165) is 30.6 Å². The van der Waals surface area contributed by atoms with Crippen molar-refractivity contribution in [3.63, 3.8) is 0 Å². The lowest BCUT2D eigenvalue weighted by Crippen LogP contribution is -2.24. The van der Waals surface area contributed by atoms with Crippen LogP contribution in [0.25, 0.3) is 6.08 Å². The highest BCUT2D eigenvalue weighted by Crippen LogP contribution is 2.41. The molecule has 9 nitrogen and oxygen atoms in total. The molecule has 0 bridgehead atoms. The maximum Gasteiger partial charge on any atom is 0.248 e. The molecular weight excluding hydrogens is 410 g/mol. The number of anilines is 1. The third-order valence-corrected chi connectivity index (χ3v) is 4.88. The van der Waals surface area contributed by atoms with E-state index in [2.05, 4.69) is 32.9 Å². The Morgan fingerprint density at radius 2 is 2.16 bits per heavy atom. The number of carbonyl (C=O) groups is 1. The molecule has 2 N–H and O–H groups in total. The van der Waals surface area contributed by atoms with Crippen LogP contribution in [0.4, 0.5) is 5.69 Å². The summed E-state index contributed by atoms with van der Waals surface area (Å²) in [5.41, 5.74) is 1.33. The number of para-hydroxylation sites is 2. The van der Waals surface area contributed by atoms with Crippen LogP contribution >= 0.6 is 0 Å². The summed E-state index contributed by atoms with van der Waals surface area (Å²) in [6.45, 7) is 3.06. The van der Waals surface area contributed by atoms with E-state index in [9.17, 15) is 4.79 Å². The molecule has 9 heteroatoms. The molecule has 2 heterocycles. The Bertz CT molecular complexity index is 1070. The van der Waals surface area contributed by atoms with E-state index in [1.54, 1.807) is 24.3 Å². The van der Waals surface area contributed by atoms with E-state index in [1.165, 1.54) is 6.08 Å². The van der Waals surface area contributed by atoms with Crippen molar-refractivity contribution in [3.8, 4) is 17.2 Å². The zero-order chi connectivity index (χ0) is 22.2. The van der Waals surface area contributed by atoms with Gasteiger partial charge >= 0.3 is 0 Å². The van der Waals surface area contributed by atoms with Gasteiger partial charge in [-0.05, 0) is 30.7 Å². The molecule has 0 spiro atoms. The first-order valence-electron chi connectivity index (χ1n) is 10.6. The van der Waals surface area contributed by atoms with Gasteiger partial charge in [-0.1, -0.05) is 49.2 Å². The van der Waals surface area contributed by atoms with Gasteiger partial charge in [-0.3, -0.25) is 4.79 Å². The summed E-state index contributed by atoms with van der Waals surface area (Å²) in [6, 6.07) is 13.0. The van der Waals surface area contributed by atoms with Crippen molar-refractivity contribution in [2.45, 2.75) is 32.3 Å². The van der Waals surface area contributed by atoms with Crippen molar-refractivity contribution in [1.82, 2.24) is 20.6 Å². The lowest BCUT2D eigenvalue weighted by molar-refractivity contribution is -0.111. The average Bonchev–Trinajstić information content (AvgIpc) is 3.36. The molecule has 0 fully saturated rings. The Hall–Kier alpha value is -3.88. The highest BCUT2D eigenvalue weighted by molar-refractivity contribution is 6.03. The molecule has 0 saturated heterocycles. The Morgan fingerprint density at radius 3 is 3.00 bits per heavy atom. The fourth-order valence-electron chi connectivity index (χ4n) is 3.25.